The molecule has 0 aliphatic carbocycles. The Morgan fingerprint density at radius 3 is 2.62 bits per heavy atom. The third-order valence-electron chi connectivity index (χ3n) is 4.02. The van der Waals surface area contributed by atoms with Crippen LogP contribution in [-0.2, 0) is 0 Å². The van der Waals surface area contributed by atoms with E-state index in [-0.39, 0.29) is 6.04 Å². The Morgan fingerprint density at radius 2 is 1.79 bits per heavy atom. The van der Waals surface area contributed by atoms with Gasteiger partial charge in [-0.1, -0.05) is 42.5 Å². The number of H-pyrrole nitrogens is 2. The van der Waals surface area contributed by atoms with Gasteiger partial charge in [0.1, 0.15) is 16.5 Å². The minimum absolute atomic E-state index is 0.0710. The van der Waals surface area contributed by atoms with Crippen molar-refractivity contribution in [1.29, 1.82) is 0 Å². The molecule has 4 aromatic rings. The topological polar surface area (TPSA) is 56.8 Å². The highest BCUT2D eigenvalue weighted by molar-refractivity contribution is 7.71. The van der Waals surface area contributed by atoms with Gasteiger partial charge in [-0.15, -0.1) is 0 Å². The Labute approximate surface area is 144 Å². The lowest BCUT2D eigenvalue weighted by Gasteiger charge is -2.03. The van der Waals surface area contributed by atoms with E-state index in [9.17, 15) is 0 Å². The highest BCUT2D eigenvalue weighted by atomic mass is 32.1. The third-order valence-corrected chi connectivity index (χ3v) is 4.36. The molecule has 0 fully saturated rings. The summed E-state index contributed by atoms with van der Waals surface area (Å²) in [6, 6.07) is 18.0. The number of nitrogens with one attached hydrogen (secondary N) is 2. The molecule has 4 nitrogen and oxygen atoms in total. The van der Waals surface area contributed by atoms with Crippen molar-refractivity contribution in [2.45, 2.75) is 13.0 Å². The summed E-state index contributed by atoms with van der Waals surface area (Å²) in [4.78, 5) is 15.8. The van der Waals surface area contributed by atoms with Crippen LogP contribution >= 0.6 is 12.2 Å². The summed E-state index contributed by atoms with van der Waals surface area (Å²) in [5.41, 5.74) is 3.92. The van der Waals surface area contributed by atoms with E-state index in [1.807, 2.05) is 55.6 Å². The first-order chi connectivity index (χ1) is 11.7. The molecule has 0 saturated heterocycles. The van der Waals surface area contributed by atoms with Crippen LogP contribution in [0.3, 0.4) is 0 Å². The number of imidazole rings is 1. The van der Waals surface area contributed by atoms with E-state index in [0.29, 0.717) is 4.64 Å². The van der Waals surface area contributed by atoms with E-state index in [1.54, 1.807) is 0 Å². The van der Waals surface area contributed by atoms with Crippen LogP contribution in [0.4, 0.5) is 0 Å². The van der Waals surface area contributed by atoms with Crippen molar-refractivity contribution in [3.8, 4) is 0 Å². The maximum Gasteiger partial charge on any atom is 0.131 e. The maximum atomic E-state index is 5.43. The van der Waals surface area contributed by atoms with Gasteiger partial charge in [0.2, 0.25) is 0 Å². The van der Waals surface area contributed by atoms with E-state index >= 15 is 0 Å². The molecule has 0 amide bonds. The number of benzene rings is 2. The molecule has 0 aliphatic heterocycles. The Bertz CT molecular complexity index is 1070. The maximum absolute atomic E-state index is 5.43. The Kier molecular flexibility index (Phi) is 3.70. The fourth-order valence-corrected chi connectivity index (χ4v) is 2.91. The van der Waals surface area contributed by atoms with Crippen molar-refractivity contribution in [3.05, 3.63) is 70.6 Å². The van der Waals surface area contributed by atoms with Crippen molar-refractivity contribution in [2.75, 3.05) is 0 Å². The van der Waals surface area contributed by atoms with Crippen LogP contribution in [0.15, 0.2) is 59.6 Å². The number of fused-ring (bicyclic) bond motifs is 2. The SMILES string of the molecule is CC(N=Cc1cc2ccccc2[nH]c1=S)c1nc2ccccc2[nH]1. The van der Waals surface area contributed by atoms with Gasteiger partial charge in [-0.2, -0.15) is 0 Å². The first kappa shape index (κ1) is 14.8. The fourth-order valence-electron chi connectivity index (χ4n) is 2.69. The van der Waals surface area contributed by atoms with E-state index in [2.05, 4.69) is 32.1 Å². The number of pyridine rings is 1. The van der Waals surface area contributed by atoms with Gasteiger partial charge in [-0.05, 0) is 36.6 Å². The molecule has 1 unspecified atom stereocenters. The number of hydrogen-bond acceptors (Lipinski definition) is 3. The van der Waals surface area contributed by atoms with Crippen molar-refractivity contribution in [2.24, 2.45) is 4.99 Å². The standard InChI is InChI=1S/C19H16N4S/c1-12(18-21-16-8-4-5-9-17(16)22-18)20-11-14-10-13-6-2-3-7-15(13)23-19(14)24/h2-12H,1H3,(H,21,22)(H,23,24). The van der Waals surface area contributed by atoms with Gasteiger partial charge in [-0.3, -0.25) is 4.99 Å². The molecule has 4 rings (SSSR count). The summed E-state index contributed by atoms with van der Waals surface area (Å²) in [6.07, 6.45) is 1.82. The highest BCUT2D eigenvalue weighted by Gasteiger charge is 2.08. The molecule has 2 heterocycles. The first-order valence-electron chi connectivity index (χ1n) is 7.80. The smallest absolute Gasteiger partial charge is 0.131 e. The molecule has 2 aromatic carbocycles. The average Bonchev–Trinajstić information content (AvgIpc) is 3.04. The number of rotatable bonds is 3. The Balaban J connectivity index is 1.66. The molecule has 0 aliphatic rings. The Hall–Kier alpha value is -2.79. The monoisotopic (exact) mass is 332 g/mol. The molecule has 0 spiro atoms. The molecule has 5 heteroatoms. The van der Waals surface area contributed by atoms with Crippen LogP contribution in [0.2, 0.25) is 0 Å². The van der Waals surface area contributed by atoms with Crippen molar-refractivity contribution in [3.63, 3.8) is 0 Å². The zero-order valence-electron chi connectivity index (χ0n) is 13.2. The summed E-state index contributed by atoms with van der Waals surface area (Å²) in [5, 5.41) is 1.11. The largest absolute Gasteiger partial charge is 0.346 e. The number of aliphatic imine (C=N–C) groups is 1. The second kappa shape index (κ2) is 6.02. The number of nitrogens with zero attached hydrogens (tertiary/aromatic N) is 2. The quantitative estimate of drug-likeness (QED) is 0.412. The van der Waals surface area contributed by atoms with Gasteiger partial charge >= 0.3 is 0 Å². The number of aromatic nitrogens is 3. The van der Waals surface area contributed by atoms with Crippen LogP contribution in [0.5, 0.6) is 0 Å². The predicted molar refractivity (Wildman–Crippen MR) is 101 cm³/mol. The van der Waals surface area contributed by atoms with Crippen molar-refractivity contribution >= 4 is 40.4 Å². The van der Waals surface area contributed by atoms with Gasteiger partial charge in [0.15, 0.2) is 0 Å². The van der Waals surface area contributed by atoms with Gasteiger partial charge in [-0.25, -0.2) is 4.98 Å². The van der Waals surface area contributed by atoms with Crippen LogP contribution in [0.25, 0.3) is 21.9 Å². The van der Waals surface area contributed by atoms with Crippen molar-refractivity contribution < 1.29 is 0 Å². The lowest BCUT2D eigenvalue weighted by Crippen LogP contribution is -1.95. The van der Waals surface area contributed by atoms with Crippen molar-refractivity contribution in [1.82, 2.24) is 15.0 Å². The number of para-hydroxylation sites is 3. The molecule has 24 heavy (non-hydrogen) atoms. The van der Waals surface area contributed by atoms with E-state index in [0.717, 1.165) is 33.3 Å². The summed E-state index contributed by atoms with van der Waals surface area (Å²) in [7, 11) is 0. The number of aromatic amines is 2. The van der Waals surface area contributed by atoms with Gasteiger partial charge in [0.25, 0.3) is 0 Å². The highest BCUT2D eigenvalue weighted by Crippen LogP contribution is 2.19. The summed E-state index contributed by atoms with van der Waals surface area (Å²) in [6.45, 7) is 2.02. The molecule has 2 N–H and O–H groups in total. The van der Waals surface area contributed by atoms with Crippen LogP contribution in [0.1, 0.15) is 24.4 Å². The molecular formula is C19H16N4S. The van der Waals surface area contributed by atoms with E-state index < -0.39 is 0 Å². The normalized spacial score (nSPS) is 13.0. The second-order valence-corrected chi connectivity index (χ2v) is 6.14. The van der Waals surface area contributed by atoms with Crippen LogP contribution in [0, 0.1) is 4.64 Å². The van der Waals surface area contributed by atoms with Gasteiger partial charge in [0, 0.05) is 17.3 Å². The molecule has 0 bridgehead atoms. The minimum Gasteiger partial charge on any atom is -0.346 e. The summed E-state index contributed by atoms with van der Waals surface area (Å²) >= 11 is 5.43. The minimum atomic E-state index is -0.0710. The van der Waals surface area contributed by atoms with Crippen LogP contribution < -0.4 is 0 Å². The second-order valence-electron chi connectivity index (χ2n) is 5.73. The molecule has 0 radical (unpaired) electrons. The van der Waals surface area contributed by atoms with Gasteiger partial charge < -0.3 is 9.97 Å². The average molecular weight is 332 g/mol. The third kappa shape index (κ3) is 2.74. The Morgan fingerprint density at radius 1 is 1.04 bits per heavy atom. The zero-order chi connectivity index (χ0) is 16.5. The van der Waals surface area contributed by atoms with Gasteiger partial charge in [0.05, 0.1) is 11.0 Å². The number of hydrogen-bond donors (Lipinski definition) is 2. The summed E-state index contributed by atoms with van der Waals surface area (Å²) < 4.78 is 0.689. The first-order valence-corrected chi connectivity index (χ1v) is 8.21. The fraction of sp³-hybridized carbons (Fsp3) is 0.105. The lowest BCUT2D eigenvalue weighted by molar-refractivity contribution is 0.766. The molecule has 0 saturated carbocycles. The molecule has 1 atom stereocenters. The summed E-state index contributed by atoms with van der Waals surface area (Å²) in [5.74, 6) is 0.850. The van der Waals surface area contributed by atoms with E-state index in [1.165, 1.54) is 0 Å². The van der Waals surface area contributed by atoms with Crippen LogP contribution in [-0.4, -0.2) is 21.2 Å². The molecular weight excluding hydrogens is 316 g/mol. The van der Waals surface area contributed by atoms with E-state index in [4.69, 9.17) is 12.2 Å². The molecule has 118 valence electrons. The molecule has 2 aromatic heterocycles. The zero-order valence-corrected chi connectivity index (χ0v) is 14.0. The predicted octanol–water partition coefficient (Wildman–Crippen LogP) is 4.95. The lowest BCUT2D eigenvalue weighted by atomic mass is 10.2.